The van der Waals surface area contributed by atoms with Crippen molar-refractivity contribution in [1.29, 1.82) is 0 Å². The molecule has 3 rings (SSSR count). The van der Waals surface area contributed by atoms with Crippen LogP contribution in [0.25, 0.3) is 10.8 Å². The third kappa shape index (κ3) is 2.63. The van der Waals surface area contributed by atoms with Crippen LogP contribution in [0, 0.1) is 0 Å². The van der Waals surface area contributed by atoms with Gasteiger partial charge in [-0.3, -0.25) is 0 Å². The van der Waals surface area contributed by atoms with E-state index in [2.05, 4.69) is 47.5 Å². The number of nitrogens with one attached hydrogen (secondary N) is 1. The van der Waals surface area contributed by atoms with E-state index in [9.17, 15) is 0 Å². The van der Waals surface area contributed by atoms with E-state index in [0.717, 1.165) is 31.9 Å². The Morgan fingerprint density at radius 3 is 3.00 bits per heavy atom. The van der Waals surface area contributed by atoms with Crippen LogP contribution < -0.4 is 10.2 Å². The lowest BCUT2D eigenvalue weighted by Gasteiger charge is -2.36. The van der Waals surface area contributed by atoms with Gasteiger partial charge < -0.3 is 10.2 Å². The maximum absolute atomic E-state index is 4.70. The molecule has 0 radical (unpaired) electrons. The fraction of sp³-hybridized carbons (Fsp3) is 0.471. The first-order valence-corrected chi connectivity index (χ1v) is 7.71. The fourth-order valence-corrected chi connectivity index (χ4v) is 3.13. The highest BCUT2D eigenvalue weighted by molar-refractivity contribution is 5.92. The molecule has 3 nitrogen and oxygen atoms in total. The molecule has 1 fully saturated rings. The Morgan fingerprint density at radius 2 is 2.20 bits per heavy atom. The van der Waals surface area contributed by atoms with Crippen LogP contribution >= 0.6 is 0 Å². The van der Waals surface area contributed by atoms with Crippen molar-refractivity contribution in [3.05, 3.63) is 36.5 Å². The largest absolute Gasteiger partial charge is 0.352 e. The van der Waals surface area contributed by atoms with Gasteiger partial charge in [0, 0.05) is 30.7 Å². The Morgan fingerprint density at radius 1 is 1.30 bits per heavy atom. The second-order valence-corrected chi connectivity index (χ2v) is 5.55. The summed E-state index contributed by atoms with van der Waals surface area (Å²) >= 11 is 0. The second-order valence-electron chi connectivity index (χ2n) is 5.55. The maximum Gasteiger partial charge on any atom is 0.136 e. The first kappa shape index (κ1) is 13.4. The zero-order valence-electron chi connectivity index (χ0n) is 12.2. The highest BCUT2D eigenvalue weighted by atomic mass is 15.2. The third-order valence-electron chi connectivity index (χ3n) is 4.10. The summed E-state index contributed by atoms with van der Waals surface area (Å²) in [6.07, 6.45) is 5.62. The summed E-state index contributed by atoms with van der Waals surface area (Å²) < 4.78 is 0. The molecule has 1 atom stereocenters. The summed E-state index contributed by atoms with van der Waals surface area (Å²) in [5, 5.41) is 6.07. The number of pyridine rings is 1. The number of hydrogen-bond acceptors (Lipinski definition) is 3. The van der Waals surface area contributed by atoms with Crippen LogP contribution in [0.3, 0.4) is 0 Å². The average Bonchev–Trinajstić information content (AvgIpc) is 2.53. The quantitative estimate of drug-likeness (QED) is 0.924. The molecule has 0 aliphatic carbocycles. The van der Waals surface area contributed by atoms with Gasteiger partial charge in [-0.2, -0.15) is 0 Å². The third-order valence-corrected chi connectivity index (χ3v) is 4.10. The van der Waals surface area contributed by atoms with E-state index >= 15 is 0 Å². The SMILES string of the molecule is CCCN(c1nccc2ccccc12)C1CCCNC1. The molecule has 0 amide bonds. The molecule has 1 aromatic heterocycles. The van der Waals surface area contributed by atoms with E-state index < -0.39 is 0 Å². The number of hydrogen-bond donors (Lipinski definition) is 1. The molecule has 0 spiro atoms. The summed E-state index contributed by atoms with van der Waals surface area (Å²) in [7, 11) is 0. The van der Waals surface area contributed by atoms with Gasteiger partial charge in [0.05, 0.1) is 0 Å². The van der Waals surface area contributed by atoms with Gasteiger partial charge in [0.25, 0.3) is 0 Å². The molecule has 106 valence electrons. The van der Waals surface area contributed by atoms with Crippen LogP contribution in [0.1, 0.15) is 26.2 Å². The number of fused-ring (bicyclic) bond motifs is 1. The van der Waals surface area contributed by atoms with Gasteiger partial charge >= 0.3 is 0 Å². The molecule has 2 aromatic rings. The Bertz CT molecular complexity index is 556. The Labute approximate surface area is 121 Å². The number of piperidine rings is 1. The van der Waals surface area contributed by atoms with Crippen molar-refractivity contribution in [2.24, 2.45) is 0 Å². The van der Waals surface area contributed by atoms with Gasteiger partial charge in [0.1, 0.15) is 5.82 Å². The topological polar surface area (TPSA) is 28.2 Å². The zero-order valence-corrected chi connectivity index (χ0v) is 12.2. The minimum atomic E-state index is 0.571. The average molecular weight is 269 g/mol. The number of rotatable bonds is 4. The molecular weight excluding hydrogens is 246 g/mol. The first-order valence-electron chi connectivity index (χ1n) is 7.71. The zero-order chi connectivity index (χ0) is 13.8. The Hall–Kier alpha value is -1.61. The van der Waals surface area contributed by atoms with Crippen molar-refractivity contribution >= 4 is 16.6 Å². The molecule has 1 aromatic carbocycles. The summed E-state index contributed by atoms with van der Waals surface area (Å²) in [6, 6.07) is 11.2. The van der Waals surface area contributed by atoms with Crippen LogP contribution in [-0.4, -0.2) is 30.7 Å². The van der Waals surface area contributed by atoms with Crippen LogP contribution in [0.2, 0.25) is 0 Å². The van der Waals surface area contributed by atoms with E-state index in [-0.39, 0.29) is 0 Å². The van der Waals surface area contributed by atoms with Crippen LogP contribution in [0.4, 0.5) is 5.82 Å². The van der Waals surface area contributed by atoms with Crippen LogP contribution in [0.5, 0.6) is 0 Å². The Kier molecular flexibility index (Phi) is 4.16. The van der Waals surface area contributed by atoms with Crippen LogP contribution in [0.15, 0.2) is 36.5 Å². The standard InChI is InChI=1S/C17H23N3/c1-2-12-20(15-7-5-10-18-13-15)17-16-8-4-3-6-14(16)9-11-19-17/h3-4,6,8-9,11,15,18H,2,5,7,10,12-13H2,1H3. The van der Waals surface area contributed by atoms with Gasteiger partial charge in [0.2, 0.25) is 0 Å². The lowest BCUT2D eigenvalue weighted by Crippen LogP contribution is -2.46. The van der Waals surface area contributed by atoms with Gasteiger partial charge in [0.15, 0.2) is 0 Å². The van der Waals surface area contributed by atoms with Crippen molar-refractivity contribution in [3.8, 4) is 0 Å². The number of anilines is 1. The number of nitrogens with zero attached hydrogens (tertiary/aromatic N) is 2. The molecule has 0 saturated carbocycles. The molecule has 20 heavy (non-hydrogen) atoms. The highest BCUT2D eigenvalue weighted by Crippen LogP contribution is 2.27. The monoisotopic (exact) mass is 269 g/mol. The molecular formula is C17H23N3. The van der Waals surface area contributed by atoms with Crippen molar-refractivity contribution in [1.82, 2.24) is 10.3 Å². The summed E-state index contributed by atoms with van der Waals surface area (Å²) in [5.74, 6) is 1.15. The lowest BCUT2D eigenvalue weighted by atomic mass is 10.0. The van der Waals surface area contributed by atoms with Crippen molar-refractivity contribution in [2.75, 3.05) is 24.5 Å². The van der Waals surface area contributed by atoms with Gasteiger partial charge in [-0.05, 0) is 37.3 Å². The predicted molar refractivity (Wildman–Crippen MR) is 85.3 cm³/mol. The predicted octanol–water partition coefficient (Wildman–Crippen LogP) is 3.20. The molecule has 1 saturated heterocycles. The van der Waals surface area contributed by atoms with E-state index in [1.54, 1.807) is 0 Å². The molecule has 0 bridgehead atoms. The normalized spacial score (nSPS) is 19.1. The Balaban J connectivity index is 2.00. The molecule has 1 unspecified atom stereocenters. The van der Waals surface area contributed by atoms with Crippen LogP contribution in [-0.2, 0) is 0 Å². The van der Waals surface area contributed by atoms with Gasteiger partial charge in [-0.15, -0.1) is 0 Å². The molecule has 1 N–H and O–H groups in total. The lowest BCUT2D eigenvalue weighted by molar-refractivity contribution is 0.429. The summed E-state index contributed by atoms with van der Waals surface area (Å²) in [6.45, 7) is 5.55. The number of aromatic nitrogens is 1. The smallest absolute Gasteiger partial charge is 0.136 e. The van der Waals surface area contributed by atoms with Crippen molar-refractivity contribution in [3.63, 3.8) is 0 Å². The first-order chi connectivity index (χ1) is 9.90. The maximum atomic E-state index is 4.70. The summed E-state index contributed by atoms with van der Waals surface area (Å²) in [5.41, 5.74) is 0. The van der Waals surface area contributed by atoms with E-state index in [1.165, 1.54) is 23.6 Å². The van der Waals surface area contributed by atoms with Gasteiger partial charge in [-0.1, -0.05) is 31.2 Å². The van der Waals surface area contributed by atoms with E-state index in [4.69, 9.17) is 4.98 Å². The minimum Gasteiger partial charge on any atom is -0.352 e. The van der Waals surface area contributed by atoms with E-state index in [0.29, 0.717) is 6.04 Å². The molecule has 3 heteroatoms. The second kappa shape index (κ2) is 6.23. The summed E-state index contributed by atoms with van der Waals surface area (Å²) in [4.78, 5) is 7.21. The highest BCUT2D eigenvalue weighted by Gasteiger charge is 2.22. The number of benzene rings is 1. The van der Waals surface area contributed by atoms with E-state index in [1.807, 2.05) is 6.20 Å². The van der Waals surface area contributed by atoms with Crippen molar-refractivity contribution in [2.45, 2.75) is 32.2 Å². The molecule has 1 aliphatic heterocycles. The minimum absolute atomic E-state index is 0.571. The fourth-order valence-electron chi connectivity index (χ4n) is 3.13. The van der Waals surface area contributed by atoms with Gasteiger partial charge in [-0.25, -0.2) is 4.98 Å². The molecule has 2 heterocycles. The van der Waals surface area contributed by atoms with Crippen molar-refractivity contribution < 1.29 is 0 Å². The molecule has 1 aliphatic rings.